The molecule has 2 aromatic carbocycles. The smallest absolute Gasteiger partial charge is 0.130 e. The molecule has 0 heterocycles. The molecule has 33 heavy (non-hydrogen) atoms. The van der Waals surface area contributed by atoms with E-state index >= 15 is 0 Å². The average molecular weight is 473 g/mol. The van der Waals surface area contributed by atoms with Crippen molar-refractivity contribution in [3.8, 4) is 11.5 Å². The highest BCUT2D eigenvalue weighted by Gasteiger charge is 2.28. The summed E-state index contributed by atoms with van der Waals surface area (Å²) < 4.78 is 13.3. The molecule has 3 rings (SSSR count). The van der Waals surface area contributed by atoms with Gasteiger partial charge in [0.1, 0.15) is 11.5 Å². The van der Waals surface area contributed by atoms with Crippen LogP contribution in [0.2, 0.25) is 0 Å². The van der Waals surface area contributed by atoms with Crippen molar-refractivity contribution in [3.63, 3.8) is 0 Å². The van der Waals surface area contributed by atoms with Crippen LogP contribution in [0.15, 0.2) is 24.3 Å². The molecule has 0 spiro atoms. The van der Waals surface area contributed by atoms with E-state index in [0.29, 0.717) is 11.8 Å². The van der Waals surface area contributed by atoms with E-state index < -0.39 is 0 Å². The lowest BCUT2D eigenvalue weighted by Gasteiger charge is -2.29. The van der Waals surface area contributed by atoms with Crippen molar-refractivity contribution in [1.82, 2.24) is 0 Å². The van der Waals surface area contributed by atoms with Gasteiger partial charge in [-0.05, 0) is 43.9 Å². The Balaban J connectivity index is 1.95. The number of hydrogen-bond donors (Lipinski definition) is 0. The molecule has 3 unspecified atom stereocenters. The van der Waals surface area contributed by atoms with Crippen LogP contribution in [0.25, 0.3) is 10.8 Å². The van der Waals surface area contributed by atoms with Crippen LogP contribution in [0.1, 0.15) is 96.6 Å². The van der Waals surface area contributed by atoms with Gasteiger partial charge in [-0.25, -0.2) is 0 Å². The van der Waals surface area contributed by atoms with Gasteiger partial charge >= 0.3 is 0 Å². The minimum absolute atomic E-state index is 0.170. The van der Waals surface area contributed by atoms with E-state index in [1.54, 1.807) is 0 Å². The fourth-order valence-electron chi connectivity index (χ4n) is 5.11. The van der Waals surface area contributed by atoms with Gasteiger partial charge in [0.05, 0.1) is 13.2 Å². The molecule has 1 aliphatic carbocycles. The second-order valence-corrected chi connectivity index (χ2v) is 10.6. The van der Waals surface area contributed by atoms with Crippen molar-refractivity contribution in [1.29, 1.82) is 0 Å². The summed E-state index contributed by atoms with van der Waals surface area (Å²) in [6, 6.07) is 8.67. The van der Waals surface area contributed by atoms with E-state index in [1.165, 1.54) is 66.8 Å². The third-order valence-electron chi connectivity index (χ3n) is 7.48. The zero-order chi connectivity index (χ0) is 23.6. The summed E-state index contributed by atoms with van der Waals surface area (Å²) in [5.41, 5.74) is 2.63. The summed E-state index contributed by atoms with van der Waals surface area (Å²) in [4.78, 5) is 0. The molecule has 0 amide bonds. The quantitative estimate of drug-likeness (QED) is 0.255. The molecule has 3 atom stereocenters. The van der Waals surface area contributed by atoms with E-state index in [2.05, 4.69) is 52.0 Å². The molecule has 3 heteroatoms. The zero-order valence-corrected chi connectivity index (χ0v) is 22.2. The van der Waals surface area contributed by atoms with E-state index in [-0.39, 0.29) is 5.38 Å². The number of hydrogen-bond acceptors (Lipinski definition) is 2. The minimum Gasteiger partial charge on any atom is -0.492 e. The first-order valence-electron chi connectivity index (χ1n) is 13.6. The Morgan fingerprint density at radius 2 is 1.33 bits per heavy atom. The molecule has 0 fully saturated rings. The number of fused-ring (bicyclic) bond motifs is 2. The number of ether oxygens (including phenoxy) is 2. The van der Waals surface area contributed by atoms with Crippen LogP contribution in [0, 0.1) is 11.8 Å². The van der Waals surface area contributed by atoms with Gasteiger partial charge in [0, 0.05) is 27.3 Å². The Bertz CT molecular complexity index is 862. The maximum absolute atomic E-state index is 6.69. The summed E-state index contributed by atoms with van der Waals surface area (Å²) in [5.74, 6) is 3.37. The van der Waals surface area contributed by atoms with Crippen molar-refractivity contribution in [3.05, 3.63) is 35.4 Å². The second kappa shape index (κ2) is 13.5. The summed E-state index contributed by atoms with van der Waals surface area (Å²) in [5, 5.41) is 2.55. The maximum atomic E-state index is 6.69. The van der Waals surface area contributed by atoms with Crippen LogP contribution in [-0.4, -0.2) is 18.6 Å². The highest BCUT2D eigenvalue weighted by molar-refractivity contribution is 6.21. The second-order valence-electron chi connectivity index (χ2n) is 9.96. The van der Waals surface area contributed by atoms with Crippen molar-refractivity contribution in [2.45, 2.75) is 104 Å². The number of unbranched alkanes of at least 4 members (excludes halogenated alkanes) is 2. The fraction of sp³-hybridized carbons (Fsp3) is 0.667. The minimum atomic E-state index is 0.170. The molecule has 2 nitrogen and oxygen atoms in total. The van der Waals surface area contributed by atoms with Crippen LogP contribution < -0.4 is 9.47 Å². The maximum Gasteiger partial charge on any atom is 0.130 e. The van der Waals surface area contributed by atoms with Crippen LogP contribution >= 0.6 is 11.6 Å². The molecule has 0 aromatic heterocycles. The van der Waals surface area contributed by atoms with E-state index in [4.69, 9.17) is 21.1 Å². The predicted molar refractivity (Wildman–Crippen MR) is 143 cm³/mol. The van der Waals surface area contributed by atoms with Gasteiger partial charge in [-0.2, -0.15) is 0 Å². The van der Waals surface area contributed by atoms with Crippen molar-refractivity contribution in [2.24, 2.45) is 11.8 Å². The third kappa shape index (κ3) is 6.81. The van der Waals surface area contributed by atoms with Crippen molar-refractivity contribution in [2.75, 3.05) is 13.2 Å². The topological polar surface area (TPSA) is 18.5 Å². The van der Waals surface area contributed by atoms with Crippen molar-refractivity contribution < 1.29 is 9.47 Å². The van der Waals surface area contributed by atoms with Crippen LogP contribution in [0.4, 0.5) is 0 Å². The Morgan fingerprint density at radius 1 is 0.818 bits per heavy atom. The Hall–Kier alpha value is -1.41. The average Bonchev–Trinajstić information content (AvgIpc) is 2.84. The Kier molecular flexibility index (Phi) is 10.7. The monoisotopic (exact) mass is 472 g/mol. The van der Waals surface area contributed by atoms with Crippen LogP contribution in [-0.2, 0) is 12.8 Å². The van der Waals surface area contributed by atoms with E-state index in [9.17, 15) is 0 Å². The Labute approximate surface area is 207 Å². The van der Waals surface area contributed by atoms with E-state index in [0.717, 1.165) is 50.4 Å². The summed E-state index contributed by atoms with van der Waals surface area (Å²) >= 11 is 6.69. The van der Waals surface area contributed by atoms with Gasteiger partial charge in [0.2, 0.25) is 0 Å². The van der Waals surface area contributed by atoms with Gasteiger partial charge in [0.15, 0.2) is 0 Å². The number of benzene rings is 2. The lowest BCUT2D eigenvalue weighted by Crippen LogP contribution is -2.20. The zero-order valence-electron chi connectivity index (χ0n) is 21.4. The highest BCUT2D eigenvalue weighted by Crippen LogP contribution is 2.45. The van der Waals surface area contributed by atoms with Crippen molar-refractivity contribution >= 4 is 22.4 Å². The molecule has 2 aromatic rings. The highest BCUT2D eigenvalue weighted by atomic mass is 35.5. The first-order chi connectivity index (χ1) is 16.1. The first kappa shape index (κ1) is 26.2. The molecule has 184 valence electrons. The fourth-order valence-corrected chi connectivity index (χ4v) is 5.37. The molecule has 0 saturated carbocycles. The number of alkyl halides is 1. The lowest BCUT2D eigenvalue weighted by molar-refractivity contribution is 0.227. The number of halogens is 1. The molecule has 0 radical (unpaired) electrons. The molecule has 0 saturated heterocycles. The van der Waals surface area contributed by atoms with Gasteiger partial charge in [-0.15, -0.1) is 11.6 Å². The molecular formula is C30H45ClO2. The van der Waals surface area contributed by atoms with E-state index in [1.807, 2.05) is 0 Å². The summed E-state index contributed by atoms with van der Waals surface area (Å²) in [6.07, 6.45) is 12.7. The van der Waals surface area contributed by atoms with Gasteiger partial charge in [-0.3, -0.25) is 0 Å². The molecule has 0 bridgehead atoms. The van der Waals surface area contributed by atoms with Crippen LogP contribution in [0.5, 0.6) is 11.5 Å². The number of rotatable bonds is 14. The van der Waals surface area contributed by atoms with Crippen LogP contribution in [0.3, 0.4) is 0 Å². The SMILES string of the molecule is CCCCC(CC)COc1c2c(c(OCC(CC)CCCC)c3ccccc13)CC(Cl)CC2. The summed E-state index contributed by atoms with van der Waals surface area (Å²) in [6.45, 7) is 10.7. The largest absolute Gasteiger partial charge is 0.492 e. The normalized spacial score (nSPS) is 17.5. The molecule has 0 aliphatic heterocycles. The summed E-state index contributed by atoms with van der Waals surface area (Å²) in [7, 11) is 0. The molecule has 0 N–H and O–H groups in total. The van der Waals surface area contributed by atoms with Gasteiger partial charge in [0.25, 0.3) is 0 Å². The predicted octanol–water partition coefficient (Wildman–Crippen LogP) is 9.13. The Morgan fingerprint density at radius 3 is 1.82 bits per heavy atom. The lowest BCUT2D eigenvalue weighted by atomic mass is 9.86. The molecule has 1 aliphatic rings. The van der Waals surface area contributed by atoms with Gasteiger partial charge < -0.3 is 9.47 Å². The first-order valence-corrected chi connectivity index (χ1v) is 14.0. The molecular weight excluding hydrogens is 428 g/mol. The van der Waals surface area contributed by atoms with Gasteiger partial charge in [-0.1, -0.05) is 90.5 Å². The third-order valence-corrected chi connectivity index (χ3v) is 7.85. The standard InChI is InChI=1S/C30H45ClO2/c1-5-9-13-22(7-3)20-32-29-25-15-11-12-16-26(25)30(28-19-24(31)17-18-27(28)29)33-21-23(8-4)14-10-6-2/h11-12,15-16,22-24H,5-10,13-14,17-21H2,1-4H3.